The quantitative estimate of drug-likeness (QED) is 0.585. The van der Waals surface area contributed by atoms with Crippen LogP contribution < -0.4 is 5.43 Å². The minimum absolute atomic E-state index is 0.289. The SMILES string of the molecule is C[C@@H]1CCC[C@H](C)N1N[C@H]1/C(=N/O)[C@H]2CC[C@H]1C2. The molecule has 0 aromatic carbocycles. The third-order valence-corrected chi connectivity index (χ3v) is 5.28. The molecule has 18 heavy (non-hydrogen) atoms. The number of nitrogens with one attached hydrogen (secondary N) is 1. The molecule has 2 N–H and O–H groups in total. The molecule has 0 aromatic rings. The van der Waals surface area contributed by atoms with Crippen LogP contribution in [0.3, 0.4) is 0 Å². The molecule has 0 spiro atoms. The molecule has 2 aliphatic carbocycles. The highest BCUT2D eigenvalue weighted by atomic mass is 16.4. The lowest BCUT2D eigenvalue weighted by Gasteiger charge is -2.42. The van der Waals surface area contributed by atoms with Gasteiger partial charge >= 0.3 is 0 Å². The first-order valence-electron chi connectivity index (χ1n) is 7.47. The summed E-state index contributed by atoms with van der Waals surface area (Å²) in [6.07, 6.45) is 7.59. The van der Waals surface area contributed by atoms with Crippen LogP contribution in [0.4, 0.5) is 0 Å². The monoisotopic (exact) mass is 251 g/mol. The fraction of sp³-hybridized carbons (Fsp3) is 0.929. The van der Waals surface area contributed by atoms with Crippen LogP contribution in [-0.2, 0) is 0 Å². The van der Waals surface area contributed by atoms with Crippen molar-refractivity contribution in [1.82, 2.24) is 10.4 Å². The van der Waals surface area contributed by atoms with Crippen molar-refractivity contribution in [2.75, 3.05) is 0 Å². The largest absolute Gasteiger partial charge is 0.411 e. The summed E-state index contributed by atoms with van der Waals surface area (Å²) >= 11 is 0. The number of piperidine rings is 1. The van der Waals surface area contributed by atoms with Crippen molar-refractivity contribution >= 4 is 5.71 Å². The van der Waals surface area contributed by atoms with E-state index in [-0.39, 0.29) is 6.04 Å². The summed E-state index contributed by atoms with van der Waals surface area (Å²) < 4.78 is 0. The second kappa shape index (κ2) is 4.82. The molecule has 4 heteroatoms. The van der Waals surface area contributed by atoms with Gasteiger partial charge in [-0.2, -0.15) is 0 Å². The van der Waals surface area contributed by atoms with Crippen LogP contribution in [0, 0.1) is 11.8 Å². The lowest BCUT2D eigenvalue weighted by Crippen LogP contribution is -2.58. The molecule has 0 unspecified atom stereocenters. The van der Waals surface area contributed by atoms with E-state index >= 15 is 0 Å². The Labute approximate surface area is 109 Å². The van der Waals surface area contributed by atoms with Crippen molar-refractivity contribution in [3.05, 3.63) is 0 Å². The summed E-state index contributed by atoms with van der Waals surface area (Å²) in [6.45, 7) is 4.59. The lowest BCUT2D eigenvalue weighted by molar-refractivity contribution is 0.0318. The van der Waals surface area contributed by atoms with Crippen LogP contribution >= 0.6 is 0 Å². The molecular weight excluding hydrogens is 226 g/mol. The Morgan fingerprint density at radius 2 is 1.89 bits per heavy atom. The van der Waals surface area contributed by atoms with E-state index in [1.54, 1.807) is 0 Å². The molecular formula is C14H25N3O. The summed E-state index contributed by atoms with van der Waals surface area (Å²) in [5, 5.41) is 15.3. The molecule has 4 nitrogen and oxygen atoms in total. The highest BCUT2D eigenvalue weighted by molar-refractivity contribution is 5.94. The van der Waals surface area contributed by atoms with E-state index in [0.29, 0.717) is 23.9 Å². The zero-order valence-corrected chi connectivity index (χ0v) is 11.5. The first-order valence-corrected chi connectivity index (χ1v) is 7.47. The minimum Gasteiger partial charge on any atom is -0.411 e. The Balaban J connectivity index is 1.72. The average Bonchev–Trinajstić information content (AvgIpc) is 2.94. The summed E-state index contributed by atoms with van der Waals surface area (Å²) in [5.41, 5.74) is 4.70. The zero-order chi connectivity index (χ0) is 12.7. The molecule has 3 fully saturated rings. The van der Waals surface area contributed by atoms with E-state index in [1.165, 1.54) is 38.5 Å². The maximum absolute atomic E-state index is 9.25. The molecule has 2 bridgehead atoms. The molecule has 5 atom stereocenters. The summed E-state index contributed by atoms with van der Waals surface area (Å²) in [4.78, 5) is 0. The van der Waals surface area contributed by atoms with Gasteiger partial charge in [-0.3, -0.25) is 0 Å². The summed E-state index contributed by atoms with van der Waals surface area (Å²) in [6, 6.07) is 1.47. The molecule has 2 saturated carbocycles. The Bertz CT molecular complexity index is 334. The van der Waals surface area contributed by atoms with Gasteiger partial charge in [-0.05, 0) is 51.9 Å². The van der Waals surface area contributed by atoms with Crippen molar-refractivity contribution in [2.45, 2.75) is 70.5 Å². The van der Waals surface area contributed by atoms with Gasteiger partial charge in [0.05, 0.1) is 11.8 Å². The maximum atomic E-state index is 9.25. The topological polar surface area (TPSA) is 47.9 Å². The number of nitrogens with zero attached hydrogens (tertiary/aromatic N) is 2. The average molecular weight is 251 g/mol. The molecule has 1 saturated heterocycles. The van der Waals surface area contributed by atoms with Gasteiger partial charge in [-0.15, -0.1) is 0 Å². The highest BCUT2D eigenvalue weighted by Crippen LogP contribution is 2.43. The second-order valence-electron chi connectivity index (χ2n) is 6.44. The molecule has 3 rings (SSSR count). The predicted octanol–water partition coefficient (Wildman–Crippen LogP) is 2.38. The van der Waals surface area contributed by atoms with E-state index in [4.69, 9.17) is 0 Å². The van der Waals surface area contributed by atoms with Crippen molar-refractivity contribution in [3.8, 4) is 0 Å². The van der Waals surface area contributed by atoms with Gasteiger partial charge in [-0.25, -0.2) is 10.4 Å². The van der Waals surface area contributed by atoms with E-state index in [2.05, 4.69) is 29.4 Å². The van der Waals surface area contributed by atoms with E-state index < -0.39 is 0 Å². The van der Waals surface area contributed by atoms with Crippen LogP contribution in [0.2, 0.25) is 0 Å². The predicted molar refractivity (Wildman–Crippen MR) is 71.6 cm³/mol. The van der Waals surface area contributed by atoms with Gasteiger partial charge in [0.1, 0.15) is 0 Å². The van der Waals surface area contributed by atoms with Gasteiger partial charge in [0.25, 0.3) is 0 Å². The summed E-state index contributed by atoms with van der Waals surface area (Å²) in [5.74, 6) is 1.22. The molecule has 0 radical (unpaired) electrons. The third-order valence-electron chi connectivity index (χ3n) is 5.28. The van der Waals surface area contributed by atoms with Gasteiger partial charge in [-0.1, -0.05) is 11.6 Å². The van der Waals surface area contributed by atoms with Crippen molar-refractivity contribution in [3.63, 3.8) is 0 Å². The van der Waals surface area contributed by atoms with E-state index in [0.717, 1.165) is 5.71 Å². The zero-order valence-electron chi connectivity index (χ0n) is 11.5. The Morgan fingerprint density at radius 3 is 2.56 bits per heavy atom. The smallest absolute Gasteiger partial charge is 0.0787 e. The van der Waals surface area contributed by atoms with Crippen LogP contribution in [0.25, 0.3) is 0 Å². The Hall–Kier alpha value is -0.610. The first kappa shape index (κ1) is 12.4. The van der Waals surface area contributed by atoms with E-state index in [9.17, 15) is 5.21 Å². The Kier molecular flexibility index (Phi) is 3.32. The number of hydrazine groups is 1. The number of hydrogen-bond acceptors (Lipinski definition) is 4. The standard InChI is InChI=1S/C14H25N3O/c1-9-4-3-5-10(2)17(9)15-13-11-6-7-12(8-11)14(13)16-18/h9-13,15,18H,3-8H2,1-2H3/b16-14+/t9-,10+,11-,12-,13+/m0/s1. The van der Waals surface area contributed by atoms with Gasteiger partial charge in [0.15, 0.2) is 0 Å². The lowest BCUT2D eigenvalue weighted by atomic mass is 9.93. The van der Waals surface area contributed by atoms with Crippen molar-refractivity contribution in [2.24, 2.45) is 17.0 Å². The van der Waals surface area contributed by atoms with Crippen LogP contribution in [0.1, 0.15) is 52.4 Å². The van der Waals surface area contributed by atoms with Gasteiger partial charge < -0.3 is 5.21 Å². The maximum Gasteiger partial charge on any atom is 0.0787 e. The molecule has 3 aliphatic rings. The normalized spacial score (nSPS) is 47.0. The van der Waals surface area contributed by atoms with Crippen LogP contribution in [0.5, 0.6) is 0 Å². The third kappa shape index (κ3) is 1.95. The fourth-order valence-corrected chi connectivity index (χ4v) is 4.23. The van der Waals surface area contributed by atoms with Gasteiger partial charge in [0.2, 0.25) is 0 Å². The second-order valence-corrected chi connectivity index (χ2v) is 6.44. The molecule has 1 heterocycles. The summed E-state index contributed by atoms with van der Waals surface area (Å²) in [7, 11) is 0. The van der Waals surface area contributed by atoms with Crippen molar-refractivity contribution < 1.29 is 5.21 Å². The Morgan fingerprint density at radius 1 is 1.17 bits per heavy atom. The molecule has 102 valence electrons. The highest BCUT2D eigenvalue weighted by Gasteiger charge is 2.46. The van der Waals surface area contributed by atoms with E-state index in [1.807, 2.05) is 0 Å². The van der Waals surface area contributed by atoms with Crippen molar-refractivity contribution in [1.29, 1.82) is 0 Å². The minimum atomic E-state index is 0.289. The van der Waals surface area contributed by atoms with Gasteiger partial charge in [0, 0.05) is 18.0 Å². The number of hydrogen-bond donors (Lipinski definition) is 2. The van der Waals surface area contributed by atoms with Crippen LogP contribution in [-0.4, -0.2) is 34.1 Å². The first-order chi connectivity index (χ1) is 8.70. The van der Waals surface area contributed by atoms with Crippen LogP contribution in [0.15, 0.2) is 5.16 Å². The molecule has 0 amide bonds. The number of fused-ring (bicyclic) bond motifs is 2. The molecule has 1 aliphatic heterocycles. The fourth-order valence-electron chi connectivity index (χ4n) is 4.23. The number of oxime groups is 1. The molecule has 0 aromatic heterocycles. The number of rotatable bonds is 2.